The molecular weight excluding hydrogens is 274 g/mol. The number of aromatic nitrogens is 1. The zero-order chi connectivity index (χ0) is 15.3. The van der Waals surface area contributed by atoms with Gasteiger partial charge in [0.25, 0.3) is 5.91 Å². The minimum absolute atomic E-state index is 0.0457. The molecule has 0 fully saturated rings. The smallest absolute Gasteiger partial charge is 0.255 e. The van der Waals surface area contributed by atoms with E-state index in [1.807, 2.05) is 14.0 Å². The van der Waals surface area contributed by atoms with Crippen LogP contribution in [0.2, 0.25) is 5.02 Å². The van der Waals surface area contributed by atoms with Gasteiger partial charge in [-0.15, -0.1) is 0 Å². The lowest BCUT2D eigenvalue weighted by molar-refractivity contribution is 0.0728. The van der Waals surface area contributed by atoms with E-state index in [0.717, 1.165) is 13.0 Å². The van der Waals surface area contributed by atoms with Crippen LogP contribution in [0.4, 0.5) is 5.82 Å². The lowest BCUT2D eigenvalue weighted by Gasteiger charge is -2.26. The molecule has 0 aliphatic carbocycles. The topological polar surface area (TPSA) is 45.2 Å². The number of hydrogen-bond donors (Lipinski definition) is 1. The van der Waals surface area contributed by atoms with Crippen molar-refractivity contribution in [2.45, 2.75) is 40.2 Å². The van der Waals surface area contributed by atoms with Gasteiger partial charge in [-0.1, -0.05) is 25.4 Å². The molecule has 1 amide bonds. The fraction of sp³-hybridized carbons (Fsp3) is 0.600. The monoisotopic (exact) mass is 297 g/mol. The molecular formula is C15H24ClN3O. The van der Waals surface area contributed by atoms with Crippen molar-refractivity contribution in [3.05, 3.63) is 22.8 Å². The molecule has 1 heterocycles. The second-order valence-electron chi connectivity index (χ2n) is 5.48. The Balaban J connectivity index is 2.84. The largest absolute Gasteiger partial charge is 0.369 e. The lowest BCUT2D eigenvalue weighted by Crippen LogP contribution is -2.36. The predicted molar refractivity (Wildman–Crippen MR) is 84.4 cm³/mol. The quantitative estimate of drug-likeness (QED) is 0.871. The normalized spacial score (nSPS) is 12.3. The lowest BCUT2D eigenvalue weighted by atomic mass is 10.0. The van der Waals surface area contributed by atoms with E-state index >= 15 is 0 Å². The third kappa shape index (κ3) is 4.37. The Morgan fingerprint density at radius 3 is 2.60 bits per heavy atom. The Labute approximate surface area is 126 Å². The molecule has 1 rings (SSSR count). The van der Waals surface area contributed by atoms with Crippen LogP contribution in [0.25, 0.3) is 0 Å². The molecule has 1 aromatic heterocycles. The molecule has 0 saturated heterocycles. The number of rotatable bonds is 6. The van der Waals surface area contributed by atoms with Crippen molar-refractivity contribution in [3.63, 3.8) is 0 Å². The second kappa shape index (κ2) is 7.48. The number of carbonyl (C=O) groups excluding carboxylic acids is 1. The molecule has 1 unspecified atom stereocenters. The Kier molecular flexibility index (Phi) is 6.27. The molecule has 0 spiro atoms. The second-order valence-corrected chi connectivity index (χ2v) is 5.89. The van der Waals surface area contributed by atoms with E-state index in [2.05, 4.69) is 31.1 Å². The number of halogens is 1. The van der Waals surface area contributed by atoms with Crippen molar-refractivity contribution in [1.82, 2.24) is 9.88 Å². The van der Waals surface area contributed by atoms with E-state index in [9.17, 15) is 4.79 Å². The number of carbonyl (C=O) groups is 1. The van der Waals surface area contributed by atoms with Crippen LogP contribution in [-0.4, -0.2) is 35.4 Å². The summed E-state index contributed by atoms with van der Waals surface area (Å²) in [6, 6.07) is 1.86. The molecule has 4 nitrogen and oxygen atoms in total. The molecule has 0 saturated carbocycles. The summed E-state index contributed by atoms with van der Waals surface area (Å²) in [5, 5.41) is 3.53. The zero-order valence-electron chi connectivity index (χ0n) is 12.9. The summed E-state index contributed by atoms with van der Waals surface area (Å²) in [6.45, 7) is 9.07. The highest BCUT2D eigenvalue weighted by Gasteiger charge is 2.19. The highest BCUT2D eigenvalue weighted by molar-refractivity contribution is 6.33. The summed E-state index contributed by atoms with van der Waals surface area (Å²) in [5.41, 5.74) is 0.523. The van der Waals surface area contributed by atoms with Crippen molar-refractivity contribution in [3.8, 4) is 0 Å². The van der Waals surface area contributed by atoms with Crippen molar-refractivity contribution in [2.75, 3.05) is 18.9 Å². The van der Waals surface area contributed by atoms with E-state index in [0.29, 0.717) is 22.3 Å². The van der Waals surface area contributed by atoms with Crippen LogP contribution in [0.15, 0.2) is 12.3 Å². The summed E-state index contributed by atoms with van der Waals surface area (Å²) in [7, 11) is 1.82. The number of nitrogens with one attached hydrogen (secondary N) is 1. The third-order valence-electron chi connectivity index (χ3n) is 3.23. The first kappa shape index (κ1) is 16.8. The van der Waals surface area contributed by atoms with Gasteiger partial charge >= 0.3 is 0 Å². The molecule has 1 atom stereocenters. The summed E-state index contributed by atoms with van der Waals surface area (Å²) in [5.74, 6) is 1.12. The molecule has 0 aliphatic rings. The first-order chi connectivity index (χ1) is 9.36. The average Bonchev–Trinajstić information content (AvgIpc) is 2.38. The first-order valence-corrected chi connectivity index (χ1v) is 7.41. The molecule has 1 aromatic rings. The van der Waals surface area contributed by atoms with Crippen molar-refractivity contribution in [2.24, 2.45) is 5.92 Å². The van der Waals surface area contributed by atoms with Gasteiger partial charge in [-0.2, -0.15) is 0 Å². The van der Waals surface area contributed by atoms with Gasteiger partial charge in [0.1, 0.15) is 5.82 Å². The highest BCUT2D eigenvalue weighted by Crippen LogP contribution is 2.21. The number of hydrogen-bond acceptors (Lipinski definition) is 3. The molecule has 0 aliphatic heterocycles. The van der Waals surface area contributed by atoms with Gasteiger partial charge in [-0.3, -0.25) is 4.79 Å². The van der Waals surface area contributed by atoms with Crippen LogP contribution < -0.4 is 5.32 Å². The molecule has 5 heteroatoms. The van der Waals surface area contributed by atoms with Crippen LogP contribution in [0.5, 0.6) is 0 Å². The first-order valence-electron chi connectivity index (χ1n) is 7.03. The van der Waals surface area contributed by atoms with Gasteiger partial charge in [0, 0.05) is 25.8 Å². The molecule has 0 aromatic carbocycles. The maximum atomic E-state index is 12.4. The van der Waals surface area contributed by atoms with E-state index in [1.54, 1.807) is 17.2 Å². The molecule has 112 valence electrons. The van der Waals surface area contributed by atoms with Crippen LogP contribution in [-0.2, 0) is 0 Å². The summed E-state index contributed by atoms with van der Waals surface area (Å²) >= 11 is 6.13. The predicted octanol–water partition coefficient (Wildman–Crippen LogP) is 3.67. The number of amides is 1. The summed E-state index contributed by atoms with van der Waals surface area (Å²) in [4.78, 5) is 18.3. The van der Waals surface area contributed by atoms with Gasteiger partial charge in [-0.25, -0.2) is 4.98 Å². The molecule has 1 N–H and O–H groups in total. The van der Waals surface area contributed by atoms with Crippen molar-refractivity contribution in [1.29, 1.82) is 0 Å². The van der Waals surface area contributed by atoms with E-state index < -0.39 is 0 Å². The van der Waals surface area contributed by atoms with E-state index in [-0.39, 0.29) is 11.9 Å². The Morgan fingerprint density at radius 2 is 2.10 bits per heavy atom. The van der Waals surface area contributed by atoms with Crippen molar-refractivity contribution >= 4 is 23.3 Å². The summed E-state index contributed by atoms with van der Waals surface area (Å²) < 4.78 is 0. The van der Waals surface area contributed by atoms with E-state index in [4.69, 9.17) is 11.6 Å². The van der Waals surface area contributed by atoms with Gasteiger partial charge in [0.05, 0.1) is 10.6 Å². The molecule has 0 bridgehead atoms. The average molecular weight is 298 g/mol. The van der Waals surface area contributed by atoms with Crippen molar-refractivity contribution < 1.29 is 4.79 Å². The number of anilines is 1. The van der Waals surface area contributed by atoms with Gasteiger partial charge in [0.15, 0.2) is 0 Å². The molecule has 20 heavy (non-hydrogen) atoms. The van der Waals surface area contributed by atoms with Gasteiger partial charge in [0.2, 0.25) is 0 Å². The maximum absolute atomic E-state index is 12.4. The number of pyridine rings is 1. The van der Waals surface area contributed by atoms with Gasteiger partial charge < -0.3 is 10.2 Å². The van der Waals surface area contributed by atoms with Gasteiger partial charge in [-0.05, 0) is 32.3 Å². The Morgan fingerprint density at radius 1 is 1.45 bits per heavy atom. The van der Waals surface area contributed by atoms with E-state index in [1.165, 1.54) is 0 Å². The van der Waals surface area contributed by atoms with Crippen LogP contribution in [0.1, 0.15) is 44.5 Å². The van der Waals surface area contributed by atoms with Crippen LogP contribution in [0.3, 0.4) is 0 Å². The summed E-state index contributed by atoms with van der Waals surface area (Å²) in [6.07, 6.45) is 2.55. The van der Waals surface area contributed by atoms with Crippen LogP contribution in [0, 0.1) is 5.92 Å². The standard InChI is InChI=1S/C15H24ClN3O/c1-6-17-14-13(16)8-12(9-18-14)15(20)19(5)11(4)7-10(2)3/h8-11H,6-7H2,1-5H3,(H,17,18). The highest BCUT2D eigenvalue weighted by atomic mass is 35.5. The fourth-order valence-corrected chi connectivity index (χ4v) is 2.33. The zero-order valence-corrected chi connectivity index (χ0v) is 13.7. The minimum atomic E-state index is -0.0457. The number of nitrogens with zero attached hydrogens (tertiary/aromatic N) is 2. The fourth-order valence-electron chi connectivity index (χ4n) is 2.10. The van der Waals surface area contributed by atoms with Crippen LogP contribution >= 0.6 is 11.6 Å². The Hall–Kier alpha value is -1.29. The minimum Gasteiger partial charge on any atom is -0.369 e. The molecule has 0 radical (unpaired) electrons. The Bertz CT molecular complexity index is 462. The SMILES string of the molecule is CCNc1ncc(C(=O)N(C)C(C)CC(C)C)cc1Cl. The maximum Gasteiger partial charge on any atom is 0.255 e. The third-order valence-corrected chi connectivity index (χ3v) is 3.51.